The van der Waals surface area contributed by atoms with Gasteiger partial charge in [0.2, 0.25) is 5.91 Å². The van der Waals surface area contributed by atoms with Gasteiger partial charge in [0.1, 0.15) is 18.7 Å². The van der Waals surface area contributed by atoms with Gasteiger partial charge in [-0.1, -0.05) is 61.0 Å². The van der Waals surface area contributed by atoms with Crippen molar-refractivity contribution in [2.75, 3.05) is 7.11 Å². The van der Waals surface area contributed by atoms with E-state index in [1.165, 1.54) is 18.0 Å². The first-order valence-electron chi connectivity index (χ1n) is 14.5. The van der Waals surface area contributed by atoms with Crippen molar-refractivity contribution in [3.05, 3.63) is 82.3 Å². The first-order valence-corrected chi connectivity index (χ1v) is 14.5. The molecule has 0 radical (unpaired) electrons. The molecule has 2 bridgehead atoms. The third-order valence-electron chi connectivity index (χ3n) is 8.43. The van der Waals surface area contributed by atoms with Gasteiger partial charge in [0, 0.05) is 19.5 Å². The van der Waals surface area contributed by atoms with Crippen LogP contribution in [0.1, 0.15) is 43.2 Å². The van der Waals surface area contributed by atoms with Crippen LogP contribution < -0.4 is 15.6 Å². The number of carbonyl (C=O) groups excluding carboxylic acids is 2. The van der Waals surface area contributed by atoms with Gasteiger partial charge in [-0.25, -0.2) is 14.3 Å². The van der Waals surface area contributed by atoms with Crippen LogP contribution in [-0.2, 0) is 34.4 Å². The smallest absolute Gasteiger partial charge is 0.411 e. The van der Waals surface area contributed by atoms with Crippen LogP contribution in [0.15, 0.2) is 65.6 Å². The van der Waals surface area contributed by atoms with E-state index in [9.17, 15) is 24.3 Å². The van der Waals surface area contributed by atoms with Crippen LogP contribution >= 0.6 is 0 Å². The van der Waals surface area contributed by atoms with Crippen LogP contribution in [0.25, 0.3) is 11.1 Å². The fourth-order valence-electron chi connectivity index (χ4n) is 6.20. The number of aromatic nitrogens is 2. The highest BCUT2D eigenvalue weighted by Gasteiger charge is 2.47. The molecule has 2 N–H and O–H groups in total. The molecule has 6 rings (SSSR count). The molecule has 1 aromatic heterocycles. The Hall–Kier alpha value is -4.67. The number of aryl methyl sites for hydroxylation is 1. The minimum atomic E-state index is -1.22. The maximum atomic E-state index is 13.7. The predicted octanol–water partition coefficient (Wildman–Crippen LogP) is 3.54. The molecule has 2 amide bonds. The Morgan fingerprint density at radius 1 is 1.02 bits per heavy atom. The summed E-state index contributed by atoms with van der Waals surface area (Å²) in [5.74, 6) is -1.41. The van der Waals surface area contributed by atoms with Crippen LogP contribution in [0.3, 0.4) is 0 Å². The summed E-state index contributed by atoms with van der Waals surface area (Å²) in [6, 6.07) is 14.1. The van der Waals surface area contributed by atoms with Gasteiger partial charge in [0.15, 0.2) is 5.75 Å². The van der Waals surface area contributed by atoms with Crippen LogP contribution in [0.4, 0.5) is 4.79 Å². The summed E-state index contributed by atoms with van der Waals surface area (Å²) in [5.41, 5.74) is 2.11. The van der Waals surface area contributed by atoms with E-state index >= 15 is 0 Å². The molecule has 2 aromatic carbocycles. The molecule has 1 aliphatic carbocycles. The number of hydrogen-bond acceptors (Lipinski definition) is 7. The number of rotatable bonds is 9. The average molecular weight is 589 g/mol. The van der Waals surface area contributed by atoms with Crippen molar-refractivity contribution in [1.29, 1.82) is 0 Å². The molecule has 3 fully saturated rings. The summed E-state index contributed by atoms with van der Waals surface area (Å²) < 4.78 is 12.2. The molecule has 2 saturated heterocycles. The highest BCUT2D eigenvalue weighted by molar-refractivity contribution is 5.90. The molecule has 3 aliphatic rings. The molecular formula is C32H36N4O7. The normalized spacial score (nSPS) is 20.1. The highest BCUT2D eigenvalue weighted by Crippen LogP contribution is 2.38. The van der Waals surface area contributed by atoms with Gasteiger partial charge in [0.25, 0.3) is 5.56 Å². The number of carbonyl (C=O) groups is 3. The number of benzene rings is 2. The van der Waals surface area contributed by atoms with Gasteiger partial charge in [-0.2, -0.15) is 5.10 Å². The van der Waals surface area contributed by atoms with E-state index in [1.807, 2.05) is 30.3 Å². The van der Waals surface area contributed by atoms with Crippen molar-refractivity contribution in [3.8, 4) is 16.9 Å². The Morgan fingerprint density at radius 2 is 1.77 bits per heavy atom. The minimum Gasteiger partial charge on any atom is -0.494 e. The van der Waals surface area contributed by atoms with Gasteiger partial charge in [-0.05, 0) is 48.3 Å². The van der Waals surface area contributed by atoms with Gasteiger partial charge in [-0.3, -0.25) is 14.5 Å². The summed E-state index contributed by atoms with van der Waals surface area (Å²) >= 11 is 0. The fourth-order valence-corrected chi connectivity index (χ4v) is 6.20. The van der Waals surface area contributed by atoms with E-state index in [-0.39, 0.29) is 30.5 Å². The lowest BCUT2D eigenvalue weighted by molar-refractivity contribution is -0.143. The maximum absolute atomic E-state index is 13.7. The van der Waals surface area contributed by atoms with Gasteiger partial charge in [0.05, 0.1) is 18.9 Å². The molecular weight excluding hydrogens is 552 g/mol. The topological polar surface area (TPSA) is 140 Å². The second-order valence-corrected chi connectivity index (χ2v) is 11.1. The number of ether oxygens (including phenoxy) is 2. The number of carboxylic acid groups (broad SMARTS) is 1. The monoisotopic (exact) mass is 588 g/mol. The molecule has 3 aromatic rings. The molecule has 226 valence electrons. The third kappa shape index (κ3) is 6.55. The van der Waals surface area contributed by atoms with Crippen molar-refractivity contribution in [3.63, 3.8) is 0 Å². The second kappa shape index (κ2) is 13.1. The Morgan fingerprint density at radius 3 is 2.47 bits per heavy atom. The molecule has 1 saturated carbocycles. The first-order chi connectivity index (χ1) is 20.8. The SMILES string of the molecule is COc1cnn(C)c(=O)c1-c1ccc(C[C@H](NC(=O)[C@@H]2C3CCCC(CC3)N2C(=O)OCc2ccccc2)C(=O)O)cc1. The number of nitrogens with one attached hydrogen (secondary N) is 1. The van der Waals surface area contributed by atoms with Crippen LogP contribution in [0, 0.1) is 5.92 Å². The largest absolute Gasteiger partial charge is 0.494 e. The molecule has 2 aliphatic heterocycles. The number of hydrogen-bond donors (Lipinski definition) is 2. The van der Waals surface area contributed by atoms with Crippen LogP contribution in [0.5, 0.6) is 5.75 Å². The van der Waals surface area contributed by atoms with Gasteiger partial charge >= 0.3 is 12.1 Å². The summed E-state index contributed by atoms with van der Waals surface area (Å²) in [6.45, 7) is 0.0904. The lowest BCUT2D eigenvalue weighted by Gasteiger charge is -2.42. The average Bonchev–Trinajstić information content (AvgIpc) is 3.36. The molecule has 0 spiro atoms. The Labute approximate surface area is 249 Å². The van der Waals surface area contributed by atoms with Gasteiger partial charge in [-0.15, -0.1) is 0 Å². The number of piperidine rings is 1. The summed E-state index contributed by atoms with van der Waals surface area (Å²) in [7, 11) is 3.00. The second-order valence-electron chi connectivity index (χ2n) is 11.1. The Bertz CT molecular complexity index is 1520. The van der Waals surface area contributed by atoms with Crippen molar-refractivity contribution in [2.45, 2.75) is 63.3 Å². The van der Waals surface area contributed by atoms with E-state index in [0.717, 1.165) is 37.7 Å². The highest BCUT2D eigenvalue weighted by atomic mass is 16.6. The molecule has 43 heavy (non-hydrogen) atoms. The number of amides is 2. The molecule has 3 heterocycles. The van der Waals surface area contributed by atoms with E-state index in [2.05, 4.69) is 10.4 Å². The summed E-state index contributed by atoms with van der Waals surface area (Å²) in [5, 5.41) is 16.7. The first kappa shape index (κ1) is 29.8. The molecule has 11 nitrogen and oxygen atoms in total. The predicted molar refractivity (Wildman–Crippen MR) is 157 cm³/mol. The molecule has 2 unspecified atom stereocenters. The Kier molecular flexibility index (Phi) is 9.08. The lowest BCUT2D eigenvalue weighted by Crippen LogP contribution is -2.60. The van der Waals surface area contributed by atoms with E-state index < -0.39 is 30.1 Å². The molecule has 11 heteroatoms. The zero-order valence-corrected chi connectivity index (χ0v) is 24.3. The number of carboxylic acids is 1. The quantitative estimate of drug-likeness (QED) is 0.387. The maximum Gasteiger partial charge on any atom is 0.411 e. The minimum absolute atomic E-state index is 0.0200. The summed E-state index contributed by atoms with van der Waals surface area (Å²) in [6.07, 6.45) is 4.96. The van der Waals surface area contributed by atoms with E-state index in [1.54, 1.807) is 36.2 Å². The van der Waals surface area contributed by atoms with Crippen LogP contribution in [-0.4, -0.2) is 63.0 Å². The van der Waals surface area contributed by atoms with Gasteiger partial charge < -0.3 is 19.9 Å². The van der Waals surface area contributed by atoms with Crippen LogP contribution in [0.2, 0.25) is 0 Å². The zero-order chi connectivity index (χ0) is 30.5. The third-order valence-corrected chi connectivity index (χ3v) is 8.43. The van der Waals surface area contributed by atoms with Crippen molar-refractivity contribution >= 4 is 18.0 Å². The number of methoxy groups -OCH3 is 1. The number of aliphatic carboxylic acids is 1. The standard InChI is InChI=1S/C32H36N4O7/c1-35-30(38)27(26(42-2)18-33-35)22-13-11-20(12-14-22)17-25(31(39)40)34-29(37)28-23-9-6-10-24(16-15-23)36(28)32(41)43-19-21-7-4-3-5-8-21/h3-5,7-8,11-14,18,23-25,28H,6,9-10,15-17,19H2,1-2H3,(H,34,37)(H,39,40)/t23?,24?,25-,28-/m0/s1. The number of nitrogens with zero attached hydrogens (tertiary/aromatic N) is 3. The lowest BCUT2D eigenvalue weighted by atomic mass is 9.86. The van der Waals surface area contributed by atoms with E-state index in [0.29, 0.717) is 22.4 Å². The fraction of sp³-hybridized carbons (Fsp3) is 0.406. The van der Waals surface area contributed by atoms with Crippen molar-refractivity contribution in [1.82, 2.24) is 20.0 Å². The van der Waals surface area contributed by atoms with Crippen molar-refractivity contribution in [2.24, 2.45) is 13.0 Å². The molecule has 4 atom stereocenters. The number of fused-ring (bicyclic) bond motifs is 4. The Balaban J connectivity index is 1.31. The summed E-state index contributed by atoms with van der Waals surface area (Å²) in [4.78, 5) is 53.6. The van der Waals surface area contributed by atoms with E-state index in [4.69, 9.17) is 9.47 Å². The van der Waals surface area contributed by atoms with Crippen molar-refractivity contribution < 1.29 is 29.0 Å². The zero-order valence-electron chi connectivity index (χ0n) is 24.3.